The molecule has 0 radical (unpaired) electrons. The summed E-state index contributed by atoms with van der Waals surface area (Å²) in [4.78, 5) is 12.1. The van der Waals surface area contributed by atoms with Gasteiger partial charge in [-0.2, -0.15) is 5.10 Å². The van der Waals surface area contributed by atoms with Crippen LogP contribution in [0.5, 0.6) is 0 Å². The van der Waals surface area contributed by atoms with Crippen molar-refractivity contribution < 1.29 is 4.79 Å². The summed E-state index contributed by atoms with van der Waals surface area (Å²) in [5.41, 5.74) is 5.17. The molecule has 0 aromatic heterocycles. The first-order valence-electron chi connectivity index (χ1n) is 7.24. The summed E-state index contributed by atoms with van der Waals surface area (Å²) in [7, 11) is 0. The molecule has 0 aliphatic rings. The molecule has 22 heavy (non-hydrogen) atoms. The number of benzene rings is 2. The van der Waals surface area contributed by atoms with Gasteiger partial charge in [0.2, 0.25) is 0 Å². The van der Waals surface area contributed by atoms with E-state index in [4.69, 9.17) is 0 Å². The first kappa shape index (κ1) is 16.4. The van der Waals surface area contributed by atoms with Gasteiger partial charge in [0.05, 0.1) is 5.71 Å². The Labute approximate surface area is 139 Å². The molecular weight excluding hydrogens is 340 g/mol. The van der Waals surface area contributed by atoms with Crippen molar-refractivity contribution in [1.29, 1.82) is 0 Å². The van der Waals surface area contributed by atoms with Gasteiger partial charge in [-0.1, -0.05) is 60.1 Å². The minimum Gasteiger partial charge on any atom is -0.267 e. The predicted molar refractivity (Wildman–Crippen MR) is 94.0 cm³/mol. The lowest BCUT2D eigenvalue weighted by Crippen LogP contribution is -2.20. The summed E-state index contributed by atoms with van der Waals surface area (Å²) in [5.74, 6) is 0.258. The molecular formula is C18H19BrN2O. The normalized spacial score (nSPS) is 11.5. The summed E-state index contributed by atoms with van der Waals surface area (Å²) >= 11 is 3.36. The predicted octanol–water partition coefficient (Wildman–Crippen LogP) is 4.63. The van der Waals surface area contributed by atoms with Crippen LogP contribution in [0.3, 0.4) is 0 Å². The summed E-state index contributed by atoms with van der Waals surface area (Å²) in [6.07, 6.45) is 0.810. The Morgan fingerprint density at radius 2 is 1.68 bits per heavy atom. The van der Waals surface area contributed by atoms with E-state index in [1.54, 1.807) is 12.1 Å². The van der Waals surface area contributed by atoms with Crippen LogP contribution in [0.2, 0.25) is 0 Å². The quantitative estimate of drug-likeness (QED) is 0.614. The van der Waals surface area contributed by atoms with E-state index in [9.17, 15) is 4.79 Å². The minimum atomic E-state index is -0.204. The van der Waals surface area contributed by atoms with Gasteiger partial charge in [-0.25, -0.2) is 5.43 Å². The average Bonchev–Trinajstić information content (AvgIpc) is 2.52. The third kappa shape index (κ3) is 4.81. The average molecular weight is 359 g/mol. The van der Waals surface area contributed by atoms with Gasteiger partial charge in [0.15, 0.2) is 0 Å². The first-order chi connectivity index (χ1) is 10.6. The fourth-order valence-corrected chi connectivity index (χ4v) is 2.29. The van der Waals surface area contributed by atoms with Crippen LogP contribution in [0.15, 0.2) is 64.2 Å². The molecule has 4 heteroatoms. The number of amides is 1. The Hall–Kier alpha value is -1.94. The zero-order valence-corrected chi connectivity index (χ0v) is 14.3. The van der Waals surface area contributed by atoms with Crippen molar-refractivity contribution in [1.82, 2.24) is 5.43 Å². The van der Waals surface area contributed by atoms with Crippen molar-refractivity contribution in [2.24, 2.45) is 11.0 Å². The number of nitrogens with one attached hydrogen (secondary N) is 1. The minimum absolute atomic E-state index is 0.204. The molecule has 0 heterocycles. The number of carbonyl (C=O) groups is 1. The second-order valence-electron chi connectivity index (χ2n) is 5.47. The van der Waals surface area contributed by atoms with Gasteiger partial charge in [0, 0.05) is 10.0 Å². The Balaban J connectivity index is 2.15. The van der Waals surface area contributed by atoms with Crippen molar-refractivity contribution in [3.8, 4) is 0 Å². The monoisotopic (exact) mass is 358 g/mol. The second-order valence-corrected chi connectivity index (χ2v) is 6.39. The molecule has 2 aromatic carbocycles. The molecule has 2 aromatic rings. The molecule has 0 aliphatic heterocycles. The summed E-state index contributed by atoms with van der Waals surface area (Å²) in [6.45, 7) is 4.27. The smallest absolute Gasteiger partial charge is 0.267 e. The molecule has 0 saturated heterocycles. The number of rotatable bonds is 5. The van der Waals surface area contributed by atoms with Crippen molar-refractivity contribution in [3.63, 3.8) is 0 Å². The van der Waals surface area contributed by atoms with Crippen molar-refractivity contribution >= 4 is 27.5 Å². The van der Waals surface area contributed by atoms with E-state index < -0.39 is 0 Å². The summed E-state index contributed by atoms with van der Waals surface area (Å²) in [5, 5.41) is 4.34. The van der Waals surface area contributed by atoms with Crippen LogP contribution in [-0.2, 0) is 0 Å². The summed E-state index contributed by atoms with van der Waals surface area (Å²) in [6, 6.07) is 17.1. The Morgan fingerprint density at radius 3 is 2.27 bits per heavy atom. The number of hydrazone groups is 1. The molecule has 1 amide bonds. The summed E-state index contributed by atoms with van der Waals surface area (Å²) < 4.78 is 0.942. The molecule has 3 nitrogen and oxygen atoms in total. The fourth-order valence-electron chi connectivity index (χ4n) is 2.03. The highest BCUT2D eigenvalue weighted by molar-refractivity contribution is 9.10. The first-order valence-corrected chi connectivity index (χ1v) is 8.03. The molecule has 0 spiro atoms. The van der Waals surface area contributed by atoms with Crippen molar-refractivity contribution in [2.75, 3.05) is 0 Å². The van der Waals surface area contributed by atoms with E-state index >= 15 is 0 Å². The molecule has 0 bridgehead atoms. The van der Waals surface area contributed by atoms with Gasteiger partial charge in [0.1, 0.15) is 0 Å². The van der Waals surface area contributed by atoms with Crippen LogP contribution in [-0.4, -0.2) is 11.6 Å². The van der Waals surface area contributed by atoms with Gasteiger partial charge in [-0.15, -0.1) is 0 Å². The molecule has 0 atom stereocenters. The number of hydrogen-bond donors (Lipinski definition) is 1. The van der Waals surface area contributed by atoms with Gasteiger partial charge in [-0.05, 0) is 42.2 Å². The van der Waals surface area contributed by atoms with Gasteiger partial charge >= 0.3 is 0 Å². The molecule has 1 N–H and O–H groups in total. The Bertz CT molecular complexity index is 649. The third-order valence-electron chi connectivity index (χ3n) is 3.11. The highest BCUT2D eigenvalue weighted by Crippen LogP contribution is 2.12. The van der Waals surface area contributed by atoms with Crippen molar-refractivity contribution in [3.05, 3.63) is 70.2 Å². The van der Waals surface area contributed by atoms with Gasteiger partial charge < -0.3 is 0 Å². The lowest BCUT2D eigenvalue weighted by Gasteiger charge is -2.10. The standard InChI is InChI=1S/C18H19BrN2O/c1-13(2)12-17(14-6-4-3-5-7-14)20-21-18(22)15-8-10-16(19)11-9-15/h3-11,13H,12H2,1-2H3,(H,21,22)/b20-17+. The van der Waals surface area contributed by atoms with Gasteiger partial charge in [-0.3, -0.25) is 4.79 Å². The number of hydrogen-bond acceptors (Lipinski definition) is 2. The van der Waals surface area contributed by atoms with E-state index in [1.807, 2.05) is 42.5 Å². The number of nitrogens with zero attached hydrogens (tertiary/aromatic N) is 1. The van der Waals surface area contributed by atoms with E-state index in [2.05, 4.69) is 40.3 Å². The molecule has 0 saturated carbocycles. The fraction of sp³-hybridized carbons (Fsp3) is 0.222. The van der Waals surface area contributed by atoms with E-state index in [1.165, 1.54) is 0 Å². The topological polar surface area (TPSA) is 41.5 Å². The molecule has 0 unspecified atom stereocenters. The van der Waals surface area contributed by atoms with Crippen LogP contribution < -0.4 is 5.43 Å². The van der Waals surface area contributed by atoms with Crippen LogP contribution in [0, 0.1) is 5.92 Å². The van der Waals surface area contributed by atoms with Gasteiger partial charge in [0.25, 0.3) is 5.91 Å². The maximum absolute atomic E-state index is 12.1. The Morgan fingerprint density at radius 1 is 1.05 bits per heavy atom. The SMILES string of the molecule is CC(C)C/C(=N\NC(=O)c1ccc(Br)cc1)c1ccccc1. The van der Waals surface area contributed by atoms with Crippen molar-refractivity contribution in [2.45, 2.75) is 20.3 Å². The highest BCUT2D eigenvalue weighted by Gasteiger charge is 2.08. The van der Waals surface area contributed by atoms with E-state index in [0.717, 1.165) is 22.2 Å². The number of carbonyl (C=O) groups excluding carboxylic acids is 1. The molecule has 0 fully saturated rings. The van der Waals surface area contributed by atoms with Crippen LogP contribution in [0.1, 0.15) is 36.2 Å². The molecule has 0 aliphatic carbocycles. The molecule has 2 rings (SSSR count). The number of halogens is 1. The lowest BCUT2D eigenvalue weighted by molar-refractivity contribution is 0.0954. The van der Waals surface area contributed by atoms with E-state index in [-0.39, 0.29) is 5.91 Å². The third-order valence-corrected chi connectivity index (χ3v) is 3.64. The Kier molecular flexibility index (Phi) is 5.90. The molecule has 114 valence electrons. The van der Waals surface area contributed by atoms with E-state index in [0.29, 0.717) is 11.5 Å². The van der Waals surface area contributed by atoms with Crippen LogP contribution in [0.25, 0.3) is 0 Å². The lowest BCUT2D eigenvalue weighted by atomic mass is 10.0. The maximum Gasteiger partial charge on any atom is 0.271 e. The highest BCUT2D eigenvalue weighted by atomic mass is 79.9. The maximum atomic E-state index is 12.1. The zero-order chi connectivity index (χ0) is 15.9. The van der Waals surface area contributed by atoms with Crippen LogP contribution in [0.4, 0.5) is 0 Å². The second kappa shape index (κ2) is 7.90. The van der Waals surface area contributed by atoms with Crippen LogP contribution >= 0.6 is 15.9 Å². The zero-order valence-electron chi connectivity index (χ0n) is 12.7. The largest absolute Gasteiger partial charge is 0.271 e.